The molecule has 11 heteroatoms. The number of halogens is 2. The van der Waals surface area contributed by atoms with Crippen LogP contribution in [0.4, 0.5) is 5.69 Å². The van der Waals surface area contributed by atoms with Gasteiger partial charge in [0.05, 0.1) is 42.4 Å². The van der Waals surface area contributed by atoms with Crippen molar-refractivity contribution in [3.63, 3.8) is 0 Å². The number of aryl methyl sites for hydroxylation is 2. The summed E-state index contributed by atoms with van der Waals surface area (Å²) < 4.78 is 14.2. The minimum Gasteiger partial charge on any atom is -0.480 e. The van der Waals surface area contributed by atoms with Crippen LogP contribution < -0.4 is 19.9 Å². The Kier molecular flexibility index (Phi) is 6.90. The standard InChI is InChI=1S/C28H27Cl2N5O4/c1-14(2)34-22(20-12-31-28(39-6)32-25(20)38-5)11-19-24(34)23(18-8-7-16(29)9-15(18)3)35(26(19)36)17-10-21(30)27(37)33(4)13-17/h7-14,23H,1-6H3/t23-/m1/s1. The monoisotopic (exact) mass is 567 g/mol. The molecule has 0 fully saturated rings. The number of rotatable bonds is 6. The van der Waals surface area contributed by atoms with Crippen molar-refractivity contribution in [3.05, 3.63) is 85.5 Å². The molecule has 202 valence electrons. The van der Waals surface area contributed by atoms with Gasteiger partial charge in [-0.2, -0.15) is 4.98 Å². The van der Waals surface area contributed by atoms with Crippen LogP contribution in [-0.2, 0) is 7.05 Å². The van der Waals surface area contributed by atoms with Crippen LogP contribution in [0, 0.1) is 6.92 Å². The number of carbonyl (C=O) groups excluding carboxylic acids is 1. The molecule has 5 rings (SSSR count). The minimum atomic E-state index is -0.528. The van der Waals surface area contributed by atoms with Crippen molar-refractivity contribution in [2.24, 2.45) is 7.05 Å². The second-order valence-electron chi connectivity index (χ2n) is 9.61. The highest BCUT2D eigenvalue weighted by molar-refractivity contribution is 6.31. The van der Waals surface area contributed by atoms with Gasteiger partial charge in [-0.05, 0) is 56.2 Å². The summed E-state index contributed by atoms with van der Waals surface area (Å²) in [5.41, 5.74) is 4.63. The Morgan fingerprint density at radius 2 is 1.77 bits per heavy atom. The molecule has 1 aromatic carbocycles. The van der Waals surface area contributed by atoms with Gasteiger partial charge in [0.1, 0.15) is 11.1 Å². The van der Waals surface area contributed by atoms with Crippen LogP contribution in [-0.4, -0.2) is 39.2 Å². The lowest BCUT2D eigenvalue weighted by Crippen LogP contribution is -2.32. The van der Waals surface area contributed by atoms with Crippen molar-refractivity contribution in [2.45, 2.75) is 32.9 Å². The van der Waals surface area contributed by atoms with E-state index in [4.69, 9.17) is 32.7 Å². The first-order chi connectivity index (χ1) is 18.6. The SMILES string of the molecule is COc1ncc(-c2cc3c(n2C(C)C)[C@@H](c2ccc(Cl)cc2C)N(c2cc(Cl)c(=O)n(C)c2)C3=O)c(OC)n1. The van der Waals surface area contributed by atoms with Crippen LogP contribution in [0.2, 0.25) is 10.0 Å². The number of anilines is 1. The second-order valence-corrected chi connectivity index (χ2v) is 10.5. The molecule has 0 bridgehead atoms. The number of methoxy groups -OCH3 is 2. The highest BCUT2D eigenvalue weighted by Crippen LogP contribution is 2.47. The van der Waals surface area contributed by atoms with Gasteiger partial charge < -0.3 is 18.6 Å². The highest BCUT2D eigenvalue weighted by Gasteiger charge is 2.44. The number of hydrogen-bond acceptors (Lipinski definition) is 6. The van der Waals surface area contributed by atoms with Gasteiger partial charge in [0, 0.05) is 30.5 Å². The van der Waals surface area contributed by atoms with E-state index in [1.165, 1.54) is 24.9 Å². The summed E-state index contributed by atoms with van der Waals surface area (Å²) in [4.78, 5) is 36.9. The number of fused-ring (bicyclic) bond motifs is 1. The summed E-state index contributed by atoms with van der Waals surface area (Å²) in [5, 5.41) is 0.621. The van der Waals surface area contributed by atoms with E-state index in [1.807, 2.05) is 45.0 Å². The van der Waals surface area contributed by atoms with Gasteiger partial charge in [-0.25, -0.2) is 4.98 Å². The molecule has 0 unspecified atom stereocenters. The van der Waals surface area contributed by atoms with Gasteiger partial charge in [-0.1, -0.05) is 29.3 Å². The summed E-state index contributed by atoms with van der Waals surface area (Å²) in [7, 11) is 4.62. The van der Waals surface area contributed by atoms with Crippen molar-refractivity contribution in [1.29, 1.82) is 0 Å². The third-order valence-corrected chi connectivity index (χ3v) is 7.38. The zero-order valence-electron chi connectivity index (χ0n) is 22.3. The molecule has 1 aliphatic heterocycles. The molecule has 0 N–H and O–H groups in total. The number of hydrogen-bond donors (Lipinski definition) is 0. The largest absolute Gasteiger partial charge is 0.480 e. The molecule has 0 aliphatic carbocycles. The summed E-state index contributed by atoms with van der Waals surface area (Å²) in [6.07, 6.45) is 3.25. The lowest BCUT2D eigenvalue weighted by Gasteiger charge is -2.30. The zero-order valence-corrected chi connectivity index (χ0v) is 23.8. The van der Waals surface area contributed by atoms with E-state index in [2.05, 4.69) is 14.5 Å². The first-order valence-electron chi connectivity index (χ1n) is 12.2. The topological polar surface area (TPSA) is 91.5 Å². The predicted octanol–water partition coefficient (Wildman–Crippen LogP) is 5.61. The molecule has 4 heterocycles. The first kappa shape index (κ1) is 26.8. The number of ether oxygens (including phenoxy) is 2. The van der Waals surface area contributed by atoms with Gasteiger partial charge >= 0.3 is 6.01 Å². The van der Waals surface area contributed by atoms with Crippen molar-refractivity contribution in [1.82, 2.24) is 19.1 Å². The molecule has 3 aromatic heterocycles. The molecule has 39 heavy (non-hydrogen) atoms. The number of benzene rings is 1. The molecule has 0 saturated heterocycles. The first-order valence-corrected chi connectivity index (χ1v) is 13.0. The van der Waals surface area contributed by atoms with Crippen LogP contribution >= 0.6 is 23.2 Å². The van der Waals surface area contributed by atoms with Gasteiger partial charge in [0.15, 0.2) is 0 Å². The molecule has 4 aromatic rings. The van der Waals surface area contributed by atoms with Gasteiger partial charge in [-0.3, -0.25) is 14.5 Å². The highest BCUT2D eigenvalue weighted by atomic mass is 35.5. The van der Waals surface area contributed by atoms with E-state index >= 15 is 0 Å². The maximum atomic E-state index is 14.2. The Morgan fingerprint density at radius 1 is 1.03 bits per heavy atom. The van der Waals surface area contributed by atoms with E-state index in [-0.39, 0.29) is 28.5 Å². The van der Waals surface area contributed by atoms with E-state index in [9.17, 15) is 9.59 Å². The van der Waals surface area contributed by atoms with Crippen molar-refractivity contribution in [3.8, 4) is 23.1 Å². The van der Waals surface area contributed by atoms with Crippen LogP contribution in [0.15, 0.2) is 47.5 Å². The third kappa shape index (κ3) is 4.35. The number of aromatic nitrogens is 4. The van der Waals surface area contributed by atoms with Gasteiger partial charge in [0.25, 0.3) is 11.5 Å². The number of carbonyl (C=O) groups is 1. The fraction of sp³-hybridized carbons (Fsp3) is 0.286. The lowest BCUT2D eigenvalue weighted by molar-refractivity contribution is 0.0993. The lowest BCUT2D eigenvalue weighted by atomic mass is 9.98. The fourth-order valence-electron chi connectivity index (χ4n) is 5.19. The average Bonchev–Trinajstić information content (AvgIpc) is 3.42. The molecule has 0 radical (unpaired) electrons. The Balaban J connectivity index is 1.81. The van der Waals surface area contributed by atoms with Crippen LogP contribution in [0.1, 0.15) is 53.1 Å². The molecular formula is C28H27Cl2N5O4. The fourth-order valence-corrected chi connectivity index (χ4v) is 5.66. The van der Waals surface area contributed by atoms with Crippen molar-refractivity contribution >= 4 is 34.8 Å². The maximum Gasteiger partial charge on any atom is 0.319 e. The summed E-state index contributed by atoms with van der Waals surface area (Å²) >= 11 is 12.6. The van der Waals surface area contributed by atoms with E-state index in [1.54, 1.807) is 24.3 Å². The minimum absolute atomic E-state index is 0.0264. The Labute approximate surface area is 235 Å². The van der Waals surface area contributed by atoms with Gasteiger partial charge in [-0.15, -0.1) is 0 Å². The average molecular weight is 568 g/mol. The predicted molar refractivity (Wildman–Crippen MR) is 150 cm³/mol. The summed E-state index contributed by atoms with van der Waals surface area (Å²) in [5.74, 6) is 0.0985. The second kappa shape index (κ2) is 10.1. The Hall–Kier alpha value is -3.82. The number of pyridine rings is 1. The van der Waals surface area contributed by atoms with E-state index in [0.717, 1.165) is 22.5 Å². The summed E-state index contributed by atoms with van der Waals surface area (Å²) in [6, 6.07) is 8.57. The van der Waals surface area contributed by atoms with Crippen LogP contribution in [0.5, 0.6) is 11.9 Å². The normalized spacial score (nSPS) is 14.7. The maximum absolute atomic E-state index is 14.2. The van der Waals surface area contributed by atoms with E-state index in [0.29, 0.717) is 27.7 Å². The molecule has 0 spiro atoms. The Morgan fingerprint density at radius 3 is 2.38 bits per heavy atom. The molecule has 1 amide bonds. The molecular weight excluding hydrogens is 541 g/mol. The number of amides is 1. The van der Waals surface area contributed by atoms with Crippen molar-refractivity contribution in [2.75, 3.05) is 19.1 Å². The van der Waals surface area contributed by atoms with Crippen molar-refractivity contribution < 1.29 is 14.3 Å². The molecule has 1 atom stereocenters. The zero-order chi connectivity index (χ0) is 28.2. The molecule has 1 aliphatic rings. The molecule has 9 nitrogen and oxygen atoms in total. The third-order valence-electron chi connectivity index (χ3n) is 6.87. The summed E-state index contributed by atoms with van der Waals surface area (Å²) in [6.45, 7) is 6.05. The Bertz CT molecular complexity index is 1650. The molecule has 0 saturated carbocycles. The van der Waals surface area contributed by atoms with Crippen LogP contribution in [0.3, 0.4) is 0 Å². The smallest absolute Gasteiger partial charge is 0.319 e. The van der Waals surface area contributed by atoms with E-state index < -0.39 is 6.04 Å². The van der Waals surface area contributed by atoms with Gasteiger partial charge in [0.2, 0.25) is 5.88 Å². The van der Waals surface area contributed by atoms with Crippen LogP contribution in [0.25, 0.3) is 11.3 Å². The quantitative estimate of drug-likeness (QED) is 0.301. The number of nitrogens with zero attached hydrogens (tertiary/aromatic N) is 5.